The van der Waals surface area contributed by atoms with Gasteiger partial charge >= 0.3 is 0 Å². The van der Waals surface area contributed by atoms with E-state index in [2.05, 4.69) is 20.8 Å². The first-order valence-electron chi connectivity index (χ1n) is 5.94. The average molecular weight is 225 g/mol. The summed E-state index contributed by atoms with van der Waals surface area (Å²) in [7, 11) is 0. The number of rotatable bonds is 1. The maximum Gasteiger partial charge on any atom is 0.223 e. The van der Waals surface area contributed by atoms with E-state index in [1.165, 1.54) is 0 Å². The Bertz CT molecular complexity index is 300. The molecule has 0 bridgehead atoms. The fourth-order valence-corrected chi connectivity index (χ4v) is 2.22. The van der Waals surface area contributed by atoms with E-state index in [4.69, 9.17) is 0 Å². The number of hydrogen-bond donors (Lipinski definition) is 0. The second kappa shape index (κ2) is 4.19. The van der Waals surface area contributed by atoms with Crippen LogP contribution < -0.4 is 0 Å². The largest absolute Gasteiger partial charge is 0.337 e. The van der Waals surface area contributed by atoms with Crippen molar-refractivity contribution in [3.63, 3.8) is 0 Å². The molecular weight excluding hydrogens is 202 g/mol. The Labute approximate surface area is 98.2 Å². The number of nitrogens with zero attached hydrogens (tertiary/aromatic N) is 1. The summed E-state index contributed by atoms with van der Waals surface area (Å²) in [6.07, 6.45) is 1.55. The molecule has 0 aliphatic carbocycles. The summed E-state index contributed by atoms with van der Waals surface area (Å²) in [4.78, 5) is 25.4. The molecule has 1 fully saturated rings. The monoisotopic (exact) mass is 225 g/mol. The second-order valence-electron chi connectivity index (χ2n) is 6.56. The fraction of sp³-hybridized carbons (Fsp3) is 0.846. The van der Waals surface area contributed by atoms with Crippen LogP contribution in [0.15, 0.2) is 0 Å². The average Bonchev–Trinajstić information content (AvgIpc) is 1.97. The zero-order valence-electron chi connectivity index (χ0n) is 11.1. The van der Waals surface area contributed by atoms with Gasteiger partial charge in [0.25, 0.3) is 0 Å². The van der Waals surface area contributed by atoms with Gasteiger partial charge in [-0.3, -0.25) is 9.59 Å². The second-order valence-corrected chi connectivity index (χ2v) is 6.56. The van der Waals surface area contributed by atoms with E-state index < -0.39 is 0 Å². The van der Waals surface area contributed by atoms with E-state index in [1.807, 2.05) is 18.7 Å². The molecular formula is C13H23NO2. The molecule has 3 heteroatoms. The van der Waals surface area contributed by atoms with Gasteiger partial charge in [-0.25, -0.2) is 0 Å². The van der Waals surface area contributed by atoms with Crippen molar-refractivity contribution in [1.82, 2.24) is 4.90 Å². The molecule has 1 amide bonds. The number of ketones is 1. The molecule has 0 aromatic carbocycles. The van der Waals surface area contributed by atoms with Gasteiger partial charge in [0.05, 0.1) is 0 Å². The highest BCUT2D eigenvalue weighted by atomic mass is 16.2. The van der Waals surface area contributed by atoms with Gasteiger partial charge in [0.1, 0.15) is 5.78 Å². The Morgan fingerprint density at radius 2 is 1.94 bits per heavy atom. The standard InChI is InChI=1S/C13H23NO2/c1-12(2,3)9-11(16)14-7-6-10(15)8-13(14,4)5/h6-9H2,1-5H3. The van der Waals surface area contributed by atoms with Crippen molar-refractivity contribution in [2.75, 3.05) is 6.54 Å². The van der Waals surface area contributed by atoms with Gasteiger partial charge in [-0.1, -0.05) is 20.8 Å². The molecule has 0 saturated carbocycles. The van der Waals surface area contributed by atoms with Crippen LogP contribution in [0.4, 0.5) is 0 Å². The van der Waals surface area contributed by atoms with E-state index >= 15 is 0 Å². The van der Waals surface area contributed by atoms with Crippen LogP contribution in [0.5, 0.6) is 0 Å². The maximum atomic E-state index is 12.2. The SMILES string of the molecule is CC(C)(C)CC(=O)N1CCC(=O)CC1(C)C. The lowest BCUT2D eigenvalue weighted by Crippen LogP contribution is -2.53. The molecule has 1 aliphatic rings. The van der Waals surface area contributed by atoms with Gasteiger partial charge < -0.3 is 4.90 Å². The normalized spacial score (nSPS) is 21.1. The molecule has 0 radical (unpaired) electrons. The highest BCUT2D eigenvalue weighted by Gasteiger charge is 2.37. The lowest BCUT2D eigenvalue weighted by atomic mass is 9.86. The van der Waals surface area contributed by atoms with Crippen LogP contribution in [0, 0.1) is 5.41 Å². The number of carbonyl (C=O) groups excluding carboxylic acids is 2. The summed E-state index contributed by atoms with van der Waals surface area (Å²) in [5.74, 6) is 0.440. The molecule has 1 rings (SSSR count). The molecule has 0 spiro atoms. The van der Waals surface area contributed by atoms with Gasteiger partial charge in [0.15, 0.2) is 0 Å². The van der Waals surface area contributed by atoms with Crippen molar-refractivity contribution < 1.29 is 9.59 Å². The maximum absolute atomic E-state index is 12.2. The summed E-state index contributed by atoms with van der Waals surface area (Å²) in [5, 5.41) is 0. The summed E-state index contributed by atoms with van der Waals surface area (Å²) in [6.45, 7) is 10.7. The Balaban J connectivity index is 2.73. The lowest BCUT2D eigenvalue weighted by molar-refractivity contribution is -0.143. The van der Waals surface area contributed by atoms with Crippen molar-refractivity contribution in [3.8, 4) is 0 Å². The van der Waals surface area contributed by atoms with E-state index in [1.54, 1.807) is 0 Å². The molecule has 92 valence electrons. The Hall–Kier alpha value is -0.860. The van der Waals surface area contributed by atoms with E-state index in [0.29, 0.717) is 25.8 Å². The number of hydrogen-bond acceptors (Lipinski definition) is 2. The number of amides is 1. The quantitative estimate of drug-likeness (QED) is 0.687. The molecule has 0 N–H and O–H groups in total. The Morgan fingerprint density at radius 3 is 2.38 bits per heavy atom. The van der Waals surface area contributed by atoms with Crippen LogP contribution in [0.1, 0.15) is 53.9 Å². The number of carbonyl (C=O) groups is 2. The number of piperidine rings is 1. The van der Waals surface area contributed by atoms with Crippen molar-refractivity contribution in [3.05, 3.63) is 0 Å². The summed E-state index contributed by atoms with van der Waals surface area (Å²) in [6, 6.07) is 0. The number of likely N-dealkylation sites (tertiary alicyclic amines) is 1. The first kappa shape index (κ1) is 13.2. The van der Waals surface area contributed by atoms with E-state index in [0.717, 1.165) is 0 Å². The summed E-state index contributed by atoms with van der Waals surface area (Å²) >= 11 is 0. The Morgan fingerprint density at radius 1 is 1.38 bits per heavy atom. The zero-order chi connectivity index (χ0) is 12.6. The minimum Gasteiger partial charge on any atom is -0.337 e. The fourth-order valence-electron chi connectivity index (χ4n) is 2.22. The van der Waals surface area contributed by atoms with Crippen LogP contribution in [-0.4, -0.2) is 28.7 Å². The lowest BCUT2D eigenvalue weighted by Gasteiger charge is -2.42. The van der Waals surface area contributed by atoms with Gasteiger partial charge in [-0.15, -0.1) is 0 Å². The zero-order valence-corrected chi connectivity index (χ0v) is 11.1. The molecule has 1 heterocycles. The van der Waals surface area contributed by atoms with Gasteiger partial charge in [-0.05, 0) is 19.3 Å². The predicted octanol–water partition coefficient (Wildman–Crippen LogP) is 2.39. The molecule has 1 aliphatic heterocycles. The molecule has 0 unspecified atom stereocenters. The third-order valence-electron chi connectivity index (χ3n) is 2.96. The highest BCUT2D eigenvalue weighted by molar-refractivity contribution is 5.85. The summed E-state index contributed by atoms with van der Waals surface area (Å²) < 4.78 is 0. The number of Topliss-reactive ketones (excluding diaryl/α,β-unsaturated/α-hetero) is 1. The highest BCUT2D eigenvalue weighted by Crippen LogP contribution is 2.29. The Kier molecular flexibility index (Phi) is 3.46. The van der Waals surface area contributed by atoms with Crippen molar-refractivity contribution >= 4 is 11.7 Å². The van der Waals surface area contributed by atoms with Crippen molar-refractivity contribution in [2.45, 2.75) is 59.4 Å². The summed E-state index contributed by atoms with van der Waals surface area (Å²) in [5.41, 5.74) is -0.299. The molecule has 0 atom stereocenters. The van der Waals surface area contributed by atoms with Crippen LogP contribution in [-0.2, 0) is 9.59 Å². The molecule has 0 aromatic rings. The third-order valence-corrected chi connectivity index (χ3v) is 2.96. The van der Waals surface area contributed by atoms with Crippen LogP contribution in [0.25, 0.3) is 0 Å². The molecule has 0 aromatic heterocycles. The molecule has 16 heavy (non-hydrogen) atoms. The van der Waals surface area contributed by atoms with E-state index in [9.17, 15) is 9.59 Å². The first-order valence-corrected chi connectivity index (χ1v) is 5.94. The van der Waals surface area contributed by atoms with Gasteiger partial charge in [0.2, 0.25) is 5.91 Å². The minimum absolute atomic E-state index is 0.00855. The molecule has 3 nitrogen and oxygen atoms in total. The van der Waals surface area contributed by atoms with Gasteiger partial charge in [-0.2, -0.15) is 0 Å². The van der Waals surface area contributed by atoms with E-state index in [-0.39, 0.29) is 22.6 Å². The third kappa shape index (κ3) is 3.32. The van der Waals surface area contributed by atoms with Crippen molar-refractivity contribution in [2.24, 2.45) is 5.41 Å². The van der Waals surface area contributed by atoms with Crippen LogP contribution in [0.2, 0.25) is 0 Å². The smallest absolute Gasteiger partial charge is 0.223 e. The minimum atomic E-state index is -0.308. The first-order chi connectivity index (χ1) is 7.12. The van der Waals surface area contributed by atoms with Crippen molar-refractivity contribution in [1.29, 1.82) is 0 Å². The molecule has 1 saturated heterocycles. The van der Waals surface area contributed by atoms with Gasteiger partial charge in [0, 0.05) is 31.3 Å². The van der Waals surface area contributed by atoms with Crippen LogP contribution >= 0.6 is 0 Å². The topological polar surface area (TPSA) is 37.4 Å². The predicted molar refractivity (Wildman–Crippen MR) is 64.1 cm³/mol. The van der Waals surface area contributed by atoms with Crippen LogP contribution in [0.3, 0.4) is 0 Å².